The molecule has 2 unspecified atom stereocenters. The lowest BCUT2D eigenvalue weighted by atomic mass is 9.83. The van der Waals surface area contributed by atoms with Gasteiger partial charge in [-0.1, -0.05) is 33.1 Å². The van der Waals surface area contributed by atoms with Crippen LogP contribution >= 0.6 is 0 Å². The monoisotopic (exact) mass is 241 g/mol. The highest BCUT2D eigenvalue weighted by atomic mass is 16.5. The number of hydrogen-bond donors (Lipinski definition) is 0. The Kier molecular flexibility index (Phi) is 6.56. The quantitative estimate of drug-likeness (QED) is 0.670. The van der Waals surface area contributed by atoms with Crippen molar-refractivity contribution in [1.82, 2.24) is 4.90 Å². The van der Waals surface area contributed by atoms with Crippen molar-refractivity contribution in [1.29, 1.82) is 0 Å². The molecule has 0 bridgehead atoms. The van der Waals surface area contributed by atoms with Gasteiger partial charge in [0.2, 0.25) is 0 Å². The van der Waals surface area contributed by atoms with Crippen LogP contribution in [0.2, 0.25) is 0 Å². The second-order valence-corrected chi connectivity index (χ2v) is 5.05. The molecule has 0 aliphatic heterocycles. The predicted octanol–water partition coefficient (Wildman–Crippen LogP) is 2.84. The molecular weight excluding hydrogens is 214 g/mol. The van der Waals surface area contributed by atoms with Crippen molar-refractivity contribution < 1.29 is 9.53 Å². The summed E-state index contributed by atoms with van der Waals surface area (Å²) in [6.45, 7) is 6.37. The van der Waals surface area contributed by atoms with Gasteiger partial charge in [0, 0.05) is 12.6 Å². The summed E-state index contributed by atoms with van der Waals surface area (Å²) in [5, 5.41) is 0. The summed E-state index contributed by atoms with van der Waals surface area (Å²) in [7, 11) is 1.46. The van der Waals surface area contributed by atoms with Gasteiger partial charge < -0.3 is 9.64 Å². The first-order valence-corrected chi connectivity index (χ1v) is 7.02. The maximum absolute atomic E-state index is 11.2. The van der Waals surface area contributed by atoms with E-state index >= 15 is 0 Å². The molecule has 3 nitrogen and oxygen atoms in total. The van der Waals surface area contributed by atoms with Gasteiger partial charge in [0.05, 0.1) is 13.5 Å². The minimum atomic E-state index is -0.0914. The van der Waals surface area contributed by atoms with E-state index in [2.05, 4.69) is 18.7 Å². The van der Waals surface area contributed by atoms with E-state index in [-0.39, 0.29) is 5.97 Å². The van der Waals surface area contributed by atoms with Gasteiger partial charge in [-0.05, 0) is 25.3 Å². The summed E-state index contributed by atoms with van der Waals surface area (Å²) in [4.78, 5) is 13.6. The molecule has 3 heteroatoms. The topological polar surface area (TPSA) is 29.5 Å². The fourth-order valence-electron chi connectivity index (χ4n) is 2.90. The van der Waals surface area contributed by atoms with Gasteiger partial charge in [-0.3, -0.25) is 4.79 Å². The van der Waals surface area contributed by atoms with E-state index < -0.39 is 0 Å². The summed E-state index contributed by atoms with van der Waals surface area (Å²) in [5.74, 6) is 0.798. The van der Waals surface area contributed by atoms with Crippen molar-refractivity contribution in [2.24, 2.45) is 5.92 Å². The molecule has 1 saturated carbocycles. The minimum absolute atomic E-state index is 0.0914. The molecule has 17 heavy (non-hydrogen) atoms. The Morgan fingerprint density at radius 1 is 1.35 bits per heavy atom. The Morgan fingerprint density at radius 2 is 2.12 bits per heavy atom. The van der Waals surface area contributed by atoms with Gasteiger partial charge >= 0.3 is 5.97 Å². The maximum atomic E-state index is 11.2. The smallest absolute Gasteiger partial charge is 0.306 e. The summed E-state index contributed by atoms with van der Waals surface area (Å²) >= 11 is 0. The third kappa shape index (κ3) is 4.66. The molecule has 1 rings (SSSR count). The Hall–Kier alpha value is -0.570. The molecule has 100 valence electrons. The SMILES string of the molecule is CCC1CCCC(N(CC)CCC(=O)OC)C1. The van der Waals surface area contributed by atoms with Crippen molar-refractivity contribution in [3.63, 3.8) is 0 Å². The van der Waals surface area contributed by atoms with E-state index in [1.54, 1.807) is 0 Å². The summed E-state index contributed by atoms with van der Waals surface area (Å²) in [5.41, 5.74) is 0. The predicted molar refractivity (Wildman–Crippen MR) is 69.9 cm³/mol. The van der Waals surface area contributed by atoms with Crippen LogP contribution in [0.3, 0.4) is 0 Å². The zero-order chi connectivity index (χ0) is 12.7. The Bertz CT molecular complexity index is 230. The van der Waals surface area contributed by atoms with Gasteiger partial charge in [-0.25, -0.2) is 0 Å². The average molecular weight is 241 g/mol. The molecular formula is C14H27NO2. The van der Waals surface area contributed by atoms with Crippen LogP contribution in [0.4, 0.5) is 0 Å². The minimum Gasteiger partial charge on any atom is -0.469 e. The highest BCUT2D eigenvalue weighted by Gasteiger charge is 2.25. The largest absolute Gasteiger partial charge is 0.469 e. The van der Waals surface area contributed by atoms with Gasteiger partial charge in [-0.15, -0.1) is 0 Å². The molecule has 0 spiro atoms. The number of carbonyl (C=O) groups is 1. The van der Waals surface area contributed by atoms with Crippen molar-refractivity contribution in [2.75, 3.05) is 20.2 Å². The lowest BCUT2D eigenvalue weighted by molar-refractivity contribution is -0.141. The molecule has 0 N–H and O–H groups in total. The van der Waals surface area contributed by atoms with E-state index in [0.717, 1.165) is 19.0 Å². The number of nitrogens with zero attached hydrogens (tertiary/aromatic N) is 1. The van der Waals surface area contributed by atoms with Crippen LogP contribution in [0.25, 0.3) is 0 Å². The number of carbonyl (C=O) groups excluding carboxylic acids is 1. The first-order chi connectivity index (χ1) is 8.21. The normalized spacial score (nSPS) is 24.9. The second-order valence-electron chi connectivity index (χ2n) is 5.05. The van der Waals surface area contributed by atoms with E-state index in [4.69, 9.17) is 4.74 Å². The maximum Gasteiger partial charge on any atom is 0.306 e. The Morgan fingerprint density at radius 3 is 2.71 bits per heavy atom. The van der Waals surface area contributed by atoms with E-state index in [9.17, 15) is 4.79 Å². The van der Waals surface area contributed by atoms with Crippen LogP contribution in [0.15, 0.2) is 0 Å². The first kappa shape index (κ1) is 14.5. The van der Waals surface area contributed by atoms with Crippen molar-refractivity contribution >= 4 is 5.97 Å². The van der Waals surface area contributed by atoms with Gasteiger partial charge in [0.25, 0.3) is 0 Å². The zero-order valence-electron chi connectivity index (χ0n) is 11.6. The van der Waals surface area contributed by atoms with Crippen molar-refractivity contribution in [3.05, 3.63) is 0 Å². The number of ether oxygens (including phenoxy) is 1. The number of methoxy groups -OCH3 is 1. The van der Waals surface area contributed by atoms with Crippen LogP contribution in [-0.2, 0) is 9.53 Å². The molecule has 1 aliphatic carbocycles. The third-order valence-electron chi connectivity index (χ3n) is 4.09. The third-order valence-corrected chi connectivity index (χ3v) is 4.09. The van der Waals surface area contributed by atoms with Gasteiger partial charge in [0.15, 0.2) is 0 Å². The number of hydrogen-bond acceptors (Lipinski definition) is 3. The standard InChI is InChI=1S/C14H27NO2/c1-4-12-7-6-8-13(11-12)15(5-2)10-9-14(16)17-3/h12-13H,4-11H2,1-3H3. The molecule has 0 aromatic carbocycles. The summed E-state index contributed by atoms with van der Waals surface area (Å²) in [6, 6.07) is 0.684. The van der Waals surface area contributed by atoms with E-state index in [1.807, 2.05) is 0 Å². The zero-order valence-corrected chi connectivity index (χ0v) is 11.6. The van der Waals surface area contributed by atoms with Crippen LogP contribution in [0.1, 0.15) is 52.4 Å². The average Bonchev–Trinajstić information content (AvgIpc) is 2.39. The highest BCUT2D eigenvalue weighted by Crippen LogP contribution is 2.29. The number of rotatable bonds is 6. The lowest BCUT2D eigenvalue weighted by Gasteiger charge is -2.36. The molecule has 0 amide bonds. The first-order valence-electron chi connectivity index (χ1n) is 7.02. The van der Waals surface area contributed by atoms with Gasteiger partial charge in [0.1, 0.15) is 0 Å². The molecule has 0 saturated heterocycles. The second kappa shape index (κ2) is 7.70. The molecule has 0 aromatic rings. The van der Waals surface area contributed by atoms with E-state index in [0.29, 0.717) is 12.5 Å². The molecule has 1 aliphatic rings. The summed E-state index contributed by atoms with van der Waals surface area (Å²) in [6.07, 6.45) is 7.17. The molecule has 0 aromatic heterocycles. The van der Waals surface area contributed by atoms with Crippen LogP contribution < -0.4 is 0 Å². The van der Waals surface area contributed by atoms with Crippen molar-refractivity contribution in [2.45, 2.75) is 58.4 Å². The van der Waals surface area contributed by atoms with Crippen LogP contribution in [0, 0.1) is 5.92 Å². The Labute approximate surface area is 106 Å². The fourth-order valence-corrected chi connectivity index (χ4v) is 2.90. The molecule has 2 atom stereocenters. The highest BCUT2D eigenvalue weighted by molar-refractivity contribution is 5.69. The Balaban J connectivity index is 2.40. The lowest BCUT2D eigenvalue weighted by Crippen LogP contribution is -2.40. The van der Waals surface area contributed by atoms with Crippen molar-refractivity contribution in [3.8, 4) is 0 Å². The molecule has 1 fully saturated rings. The van der Waals surface area contributed by atoms with Gasteiger partial charge in [-0.2, -0.15) is 0 Å². The molecule has 0 radical (unpaired) electrons. The summed E-state index contributed by atoms with van der Waals surface area (Å²) < 4.78 is 4.71. The number of esters is 1. The van der Waals surface area contributed by atoms with Crippen LogP contribution in [-0.4, -0.2) is 37.1 Å². The van der Waals surface area contributed by atoms with E-state index in [1.165, 1.54) is 39.2 Å². The molecule has 0 heterocycles. The van der Waals surface area contributed by atoms with Crippen LogP contribution in [0.5, 0.6) is 0 Å². The fraction of sp³-hybridized carbons (Fsp3) is 0.929.